The Morgan fingerprint density at radius 3 is 2.47 bits per heavy atom. The maximum atomic E-state index is 9.78. The first-order valence-corrected chi connectivity index (χ1v) is 6.98. The zero-order chi connectivity index (χ0) is 11.8. The van der Waals surface area contributed by atoms with E-state index in [9.17, 15) is 5.11 Å². The first-order chi connectivity index (χ1) is 8.24. The number of nitrogens with one attached hydrogen (secondary N) is 1. The molecule has 0 aliphatic carbocycles. The lowest BCUT2D eigenvalue weighted by molar-refractivity contribution is 0.0408. The first kappa shape index (κ1) is 11.9. The molecule has 0 spiro atoms. The summed E-state index contributed by atoms with van der Waals surface area (Å²) in [7, 11) is 2.28. The third-order valence-corrected chi connectivity index (χ3v) is 4.84. The highest BCUT2D eigenvalue weighted by molar-refractivity contribution is 4.95. The SMILES string of the molecule is CN1C2CCCC1CC(NC1COCC1O)C2. The van der Waals surface area contributed by atoms with Crippen molar-refractivity contribution in [2.75, 3.05) is 20.3 Å². The molecule has 4 heteroatoms. The second kappa shape index (κ2) is 4.84. The van der Waals surface area contributed by atoms with Crippen molar-refractivity contribution < 1.29 is 9.84 Å². The molecule has 3 aliphatic rings. The fourth-order valence-corrected chi connectivity index (χ4v) is 3.76. The molecule has 0 radical (unpaired) electrons. The molecule has 17 heavy (non-hydrogen) atoms. The van der Waals surface area contributed by atoms with Crippen molar-refractivity contribution in [3.05, 3.63) is 0 Å². The van der Waals surface area contributed by atoms with Crippen molar-refractivity contribution >= 4 is 0 Å². The van der Waals surface area contributed by atoms with Gasteiger partial charge in [-0.05, 0) is 32.7 Å². The van der Waals surface area contributed by atoms with Gasteiger partial charge in [0.2, 0.25) is 0 Å². The average molecular weight is 240 g/mol. The molecular formula is C13H24N2O2. The van der Waals surface area contributed by atoms with Gasteiger partial charge in [-0.3, -0.25) is 0 Å². The van der Waals surface area contributed by atoms with Gasteiger partial charge >= 0.3 is 0 Å². The van der Waals surface area contributed by atoms with E-state index in [0.29, 0.717) is 19.3 Å². The fourth-order valence-electron chi connectivity index (χ4n) is 3.76. The summed E-state index contributed by atoms with van der Waals surface area (Å²) in [5.41, 5.74) is 0. The van der Waals surface area contributed by atoms with Crippen LogP contribution >= 0.6 is 0 Å². The summed E-state index contributed by atoms with van der Waals surface area (Å²) in [4.78, 5) is 2.57. The Labute approximate surface area is 103 Å². The van der Waals surface area contributed by atoms with Crippen molar-refractivity contribution in [3.63, 3.8) is 0 Å². The molecule has 0 saturated carbocycles. The smallest absolute Gasteiger partial charge is 0.0948 e. The van der Waals surface area contributed by atoms with Gasteiger partial charge in [-0.15, -0.1) is 0 Å². The molecule has 98 valence electrons. The largest absolute Gasteiger partial charge is 0.389 e. The number of hydrogen-bond donors (Lipinski definition) is 2. The summed E-state index contributed by atoms with van der Waals surface area (Å²) < 4.78 is 5.30. The molecule has 3 heterocycles. The Hall–Kier alpha value is -0.160. The Morgan fingerprint density at radius 1 is 1.18 bits per heavy atom. The highest BCUT2D eigenvalue weighted by atomic mass is 16.5. The summed E-state index contributed by atoms with van der Waals surface area (Å²) in [6.07, 6.45) is 6.23. The van der Waals surface area contributed by atoms with Gasteiger partial charge in [-0.1, -0.05) is 6.42 Å². The number of nitrogens with zero attached hydrogens (tertiary/aromatic N) is 1. The van der Waals surface area contributed by atoms with Gasteiger partial charge in [0.1, 0.15) is 0 Å². The van der Waals surface area contributed by atoms with Gasteiger partial charge in [-0.2, -0.15) is 0 Å². The lowest BCUT2D eigenvalue weighted by atomic mass is 9.82. The molecule has 0 aromatic heterocycles. The molecule has 4 nitrogen and oxygen atoms in total. The lowest BCUT2D eigenvalue weighted by Crippen LogP contribution is -2.57. The Balaban J connectivity index is 1.58. The number of hydrogen-bond acceptors (Lipinski definition) is 4. The van der Waals surface area contributed by atoms with Gasteiger partial charge in [0.15, 0.2) is 0 Å². The average Bonchev–Trinajstić information content (AvgIpc) is 2.66. The van der Waals surface area contributed by atoms with E-state index >= 15 is 0 Å². The Bertz CT molecular complexity index is 260. The second-order valence-corrected chi connectivity index (χ2v) is 5.95. The molecule has 2 N–H and O–H groups in total. The minimum atomic E-state index is -0.311. The molecule has 2 bridgehead atoms. The first-order valence-electron chi connectivity index (χ1n) is 6.98. The maximum absolute atomic E-state index is 9.78. The van der Waals surface area contributed by atoms with Crippen molar-refractivity contribution in [3.8, 4) is 0 Å². The molecule has 0 aromatic rings. The van der Waals surface area contributed by atoms with Crippen LogP contribution in [0.25, 0.3) is 0 Å². The van der Waals surface area contributed by atoms with Crippen LogP contribution < -0.4 is 5.32 Å². The zero-order valence-electron chi connectivity index (χ0n) is 10.6. The van der Waals surface area contributed by atoms with Gasteiger partial charge in [0.05, 0.1) is 25.4 Å². The quantitative estimate of drug-likeness (QED) is 0.731. The van der Waals surface area contributed by atoms with E-state index in [1.165, 1.54) is 32.1 Å². The second-order valence-electron chi connectivity index (χ2n) is 5.95. The van der Waals surface area contributed by atoms with E-state index in [4.69, 9.17) is 4.74 Å². The Kier molecular flexibility index (Phi) is 3.39. The predicted octanol–water partition coefficient (Wildman–Crippen LogP) is 0.351. The summed E-state index contributed by atoms with van der Waals surface area (Å²) in [5.74, 6) is 0. The molecule has 0 aromatic carbocycles. The van der Waals surface area contributed by atoms with Crippen LogP contribution in [0, 0.1) is 0 Å². The summed E-state index contributed by atoms with van der Waals surface area (Å²) in [5, 5.41) is 13.4. The van der Waals surface area contributed by atoms with Gasteiger partial charge in [0, 0.05) is 18.1 Å². The van der Waals surface area contributed by atoms with Crippen LogP contribution in [0.5, 0.6) is 0 Å². The lowest BCUT2D eigenvalue weighted by Gasteiger charge is -2.47. The molecule has 3 aliphatic heterocycles. The summed E-state index contributed by atoms with van der Waals surface area (Å²) in [6.45, 7) is 1.17. The van der Waals surface area contributed by atoms with Crippen LogP contribution in [0.2, 0.25) is 0 Å². The monoisotopic (exact) mass is 240 g/mol. The third-order valence-electron chi connectivity index (χ3n) is 4.84. The van der Waals surface area contributed by atoms with E-state index in [1.807, 2.05) is 0 Å². The van der Waals surface area contributed by atoms with Crippen molar-refractivity contribution in [1.29, 1.82) is 0 Å². The van der Waals surface area contributed by atoms with Gasteiger partial charge < -0.3 is 20.1 Å². The zero-order valence-corrected chi connectivity index (χ0v) is 10.6. The summed E-state index contributed by atoms with van der Waals surface area (Å²) in [6, 6.07) is 2.23. The number of ether oxygens (including phenoxy) is 1. The van der Waals surface area contributed by atoms with Gasteiger partial charge in [-0.25, -0.2) is 0 Å². The number of rotatable bonds is 2. The van der Waals surface area contributed by atoms with Crippen LogP contribution in [0.4, 0.5) is 0 Å². The Morgan fingerprint density at radius 2 is 1.88 bits per heavy atom. The van der Waals surface area contributed by atoms with E-state index < -0.39 is 0 Å². The van der Waals surface area contributed by atoms with E-state index in [1.54, 1.807) is 0 Å². The number of piperidine rings is 2. The van der Waals surface area contributed by atoms with Crippen LogP contribution in [-0.2, 0) is 4.74 Å². The van der Waals surface area contributed by atoms with Crippen LogP contribution in [0.3, 0.4) is 0 Å². The fraction of sp³-hybridized carbons (Fsp3) is 1.00. The topological polar surface area (TPSA) is 44.7 Å². The van der Waals surface area contributed by atoms with Crippen molar-refractivity contribution in [2.45, 2.75) is 62.4 Å². The molecule has 3 rings (SSSR count). The molecule has 4 unspecified atom stereocenters. The normalized spacial score (nSPS) is 47.3. The predicted molar refractivity (Wildman–Crippen MR) is 66.0 cm³/mol. The molecule has 3 saturated heterocycles. The van der Waals surface area contributed by atoms with Gasteiger partial charge in [0.25, 0.3) is 0 Å². The minimum Gasteiger partial charge on any atom is -0.389 e. The molecular weight excluding hydrogens is 216 g/mol. The number of fused-ring (bicyclic) bond motifs is 2. The highest BCUT2D eigenvalue weighted by Gasteiger charge is 2.38. The van der Waals surface area contributed by atoms with Crippen LogP contribution in [0.1, 0.15) is 32.1 Å². The minimum absolute atomic E-state index is 0.157. The molecule has 4 atom stereocenters. The maximum Gasteiger partial charge on any atom is 0.0948 e. The van der Waals surface area contributed by atoms with E-state index in [2.05, 4.69) is 17.3 Å². The molecule has 0 amide bonds. The van der Waals surface area contributed by atoms with Crippen LogP contribution in [0.15, 0.2) is 0 Å². The van der Waals surface area contributed by atoms with Crippen molar-refractivity contribution in [1.82, 2.24) is 10.2 Å². The summed E-state index contributed by atoms with van der Waals surface area (Å²) >= 11 is 0. The van der Waals surface area contributed by atoms with E-state index in [-0.39, 0.29) is 12.1 Å². The third kappa shape index (κ3) is 2.36. The van der Waals surface area contributed by atoms with Crippen LogP contribution in [-0.4, -0.2) is 60.5 Å². The number of aliphatic hydroxyl groups excluding tert-OH is 1. The highest BCUT2D eigenvalue weighted by Crippen LogP contribution is 2.32. The number of aliphatic hydroxyl groups is 1. The van der Waals surface area contributed by atoms with Crippen molar-refractivity contribution in [2.24, 2.45) is 0 Å². The standard InChI is InChI=1S/C13H24N2O2/c1-15-10-3-2-4-11(15)6-9(5-10)14-12-7-17-8-13(12)16/h9-14,16H,2-8H2,1H3. The van der Waals surface area contributed by atoms with E-state index in [0.717, 1.165) is 12.1 Å². The molecule has 3 fully saturated rings.